The van der Waals surface area contributed by atoms with Crippen LogP contribution in [0.4, 0.5) is 5.82 Å². The molecule has 0 aliphatic carbocycles. The number of hydrogen-bond acceptors (Lipinski definition) is 6. The van der Waals surface area contributed by atoms with E-state index in [9.17, 15) is 0 Å². The van der Waals surface area contributed by atoms with Gasteiger partial charge in [-0.1, -0.05) is 6.42 Å². The van der Waals surface area contributed by atoms with Crippen molar-refractivity contribution in [1.29, 1.82) is 0 Å². The Balaban J connectivity index is 1.34. The fourth-order valence-corrected chi connectivity index (χ4v) is 4.01. The summed E-state index contributed by atoms with van der Waals surface area (Å²) >= 11 is 0. The largest absolute Gasteiger partial charge is 0.356 e. The summed E-state index contributed by atoms with van der Waals surface area (Å²) in [5.74, 6) is 3.35. The minimum Gasteiger partial charge on any atom is -0.356 e. The van der Waals surface area contributed by atoms with Gasteiger partial charge in [0.15, 0.2) is 0 Å². The summed E-state index contributed by atoms with van der Waals surface area (Å²) in [5, 5.41) is 8.91. The van der Waals surface area contributed by atoms with Crippen molar-refractivity contribution in [3.05, 3.63) is 30.2 Å². The minimum atomic E-state index is 0.543. The highest BCUT2D eigenvalue weighted by Gasteiger charge is 2.25. The van der Waals surface area contributed by atoms with Crippen molar-refractivity contribution in [3.63, 3.8) is 0 Å². The Morgan fingerprint density at radius 2 is 2.00 bits per heavy atom. The molecule has 0 aromatic carbocycles. The van der Waals surface area contributed by atoms with E-state index in [1.165, 1.54) is 25.1 Å². The average Bonchev–Trinajstić information content (AvgIpc) is 2.89. The molecule has 0 N–H and O–H groups in total. The molecular weight excluding hydrogens is 314 g/mol. The lowest BCUT2D eigenvalue weighted by atomic mass is 10.0. The van der Waals surface area contributed by atoms with Crippen molar-refractivity contribution in [1.82, 2.24) is 29.6 Å². The monoisotopic (exact) mass is 341 g/mol. The zero-order valence-electron chi connectivity index (χ0n) is 15.0. The van der Waals surface area contributed by atoms with Crippen LogP contribution in [0.2, 0.25) is 0 Å². The average molecular weight is 341 g/mol. The molecule has 134 valence electrons. The third-order valence-corrected chi connectivity index (χ3v) is 5.58. The summed E-state index contributed by atoms with van der Waals surface area (Å²) in [4.78, 5) is 13.2. The predicted molar refractivity (Wildman–Crippen MR) is 96.3 cm³/mol. The molecule has 7 nitrogen and oxygen atoms in total. The highest BCUT2D eigenvalue weighted by molar-refractivity contribution is 5.36. The van der Waals surface area contributed by atoms with Gasteiger partial charge >= 0.3 is 0 Å². The molecule has 0 radical (unpaired) electrons. The van der Waals surface area contributed by atoms with E-state index < -0.39 is 0 Å². The molecule has 0 unspecified atom stereocenters. The van der Waals surface area contributed by atoms with Gasteiger partial charge in [-0.3, -0.25) is 4.90 Å². The molecule has 4 rings (SSSR count). The molecule has 2 aromatic heterocycles. The second-order valence-electron chi connectivity index (χ2n) is 7.18. The van der Waals surface area contributed by atoms with Gasteiger partial charge < -0.3 is 9.47 Å². The molecule has 25 heavy (non-hydrogen) atoms. The number of aryl methyl sites for hydroxylation is 1. The molecule has 1 saturated heterocycles. The molecule has 2 aromatic rings. The van der Waals surface area contributed by atoms with Crippen molar-refractivity contribution in [3.8, 4) is 0 Å². The third kappa shape index (κ3) is 3.66. The molecule has 2 aliphatic heterocycles. The maximum Gasteiger partial charge on any atom is 0.147 e. The number of anilines is 1. The third-order valence-electron chi connectivity index (χ3n) is 5.58. The normalized spacial score (nSPS) is 19.4. The molecule has 0 atom stereocenters. The lowest BCUT2D eigenvalue weighted by molar-refractivity contribution is 0.196. The lowest BCUT2D eigenvalue weighted by Crippen LogP contribution is -2.43. The van der Waals surface area contributed by atoms with Crippen molar-refractivity contribution < 1.29 is 0 Å². The first-order valence-corrected chi connectivity index (χ1v) is 9.43. The Morgan fingerprint density at radius 3 is 2.80 bits per heavy atom. The predicted octanol–water partition coefficient (Wildman–Crippen LogP) is 1.90. The van der Waals surface area contributed by atoms with Gasteiger partial charge in [-0.15, -0.1) is 10.2 Å². The number of aromatic nitrogens is 5. The fraction of sp³-hybridized carbons (Fsp3) is 0.667. The molecule has 0 spiro atoms. The SMILES string of the molecule is CN(c1ccncn1)C1CCN(Cc2nnc3n2CCCCC3)CC1. The van der Waals surface area contributed by atoms with E-state index in [-0.39, 0.29) is 0 Å². The number of rotatable bonds is 4. The van der Waals surface area contributed by atoms with Crippen LogP contribution < -0.4 is 4.90 Å². The fourth-order valence-electron chi connectivity index (χ4n) is 4.01. The highest BCUT2D eigenvalue weighted by atomic mass is 15.3. The Labute approximate surface area is 149 Å². The van der Waals surface area contributed by atoms with Crippen LogP contribution in [0.1, 0.15) is 43.8 Å². The van der Waals surface area contributed by atoms with E-state index in [0.717, 1.165) is 57.1 Å². The molecule has 1 fully saturated rings. The van der Waals surface area contributed by atoms with Crippen LogP contribution in [0.5, 0.6) is 0 Å². The van der Waals surface area contributed by atoms with Crippen molar-refractivity contribution in [2.75, 3.05) is 25.0 Å². The summed E-state index contributed by atoms with van der Waals surface area (Å²) in [6.45, 7) is 4.21. The van der Waals surface area contributed by atoms with Gasteiger partial charge in [0.2, 0.25) is 0 Å². The molecule has 7 heteroatoms. The Kier molecular flexibility index (Phi) is 4.92. The van der Waals surface area contributed by atoms with Crippen LogP contribution in [0.25, 0.3) is 0 Å². The first-order chi connectivity index (χ1) is 12.3. The topological polar surface area (TPSA) is 63.0 Å². The highest BCUT2D eigenvalue weighted by Crippen LogP contribution is 2.22. The molecule has 2 aliphatic rings. The van der Waals surface area contributed by atoms with E-state index in [0.29, 0.717) is 6.04 Å². The zero-order valence-corrected chi connectivity index (χ0v) is 15.0. The van der Waals surface area contributed by atoms with Crippen LogP contribution in [-0.4, -0.2) is 55.8 Å². The van der Waals surface area contributed by atoms with Gasteiger partial charge in [0.1, 0.15) is 23.8 Å². The van der Waals surface area contributed by atoms with Crippen molar-refractivity contribution >= 4 is 5.82 Å². The van der Waals surface area contributed by atoms with Gasteiger partial charge in [0, 0.05) is 45.3 Å². The van der Waals surface area contributed by atoms with Crippen LogP contribution in [-0.2, 0) is 19.5 Å². The second kappa shape index (κ2) is 7.47. The van der Waals surface area contributed by atoms with E-state index in [4.69, 9.17) is 0 Å². The van der Waals surface area contributed by atoms with Crippen molar-refractivity contribution in [2.45, 2.75) is 57.7 Å². The Bertz CT molecular complexity index is 676. The number of hydrogen-bond donors (Lipinski definition) is 0. The van der Waals surface area contributed by atoms with E-state index in [1.54, 1.807) is 6.33 Å². The standard InChI is InChI=1S/C18H27N7/c1-23(16-6-9-19-14-20-16)15-7-11-24(12-8-15)13-18-22-21-17-5-3-2-4-10-25(17)18/h6,9,14-15H,2-5,7-8,10-13H2,1H3. The van der Waals surface area contributed by atoms with Crippen LogP contribution in [0, 0.1) is 0 Å². The van der Waals surface area contributed by atoms with Gasteiger partial charge in [-0.05, 0) is 31.7 Å². The smallest absolute Gasteiger partial charge is 0.147 e. The van der Waals surface area contributed by atoms with Gasteiger partial charge in [0.25, 0.3) is 0 Å². The Morgan fingerprint density at radius 1 is 1.12 bits per heavy atom. The Hall–Kier alpha value is -2.02. The summed E-state index contributed by atoms with van der Waals surface area (Å²) in [7, 11) is 2.14. The lowest BCUT2D eigenvalue weighted by Gasteiger charge is -2.37. The van der Waals surface area contributed by atoms with E-state index >= 15 is 0 Å². The van der Waals surface area contributed by atoms with Crippen LogP contribution in [0.15, 0.2) is 18.6 Å². The maximum atomic E-state index is 4.48. The molecule has 4 heterocycles. The van der Waals surface area contributed by atoms with E-state index in [2.05, 4.69) is 41.6 Å². The molecule has 0 bridgehead atoms. The maximum absolute atomic E-state index is 4.48. The molecule has 0 saturated carbocycles. The van der Waals surface area contributed by atoms with E-state index in [1.807, 2.05) is 12.3 Å². The van der Waals surface area contributed by atoms with Crippen LogP contribution in [0.3, 0.4) is 0 Å². The second-order valence-corrected chi connectivity index (χ2v) is 7.18. The first kappa shape index (κ1) is 16.4. The summed E-state index contributed by atoms with van der Waals surface area (Å²) in [5.41, 5.74) is 0. The zero-order chi connectivity index (χ0) is 17.1. The number of piperidine rings is 1. The summed E-state index contributed by atoms with van der Waals surface area (Å²) in [6, 6.07) is 2.53. The molecule has 0 amide bonds. The summed E-state index contributed by atoms with van der Waals surface area (Å²) in [6.07, 6.45) is 10.6. The summed E-state index contributed by atoms with van der Waals surface area (Å²) < 4.78 is 2.37. The van der Waals surface area contributed by atoms with Crippen LogP contribution >= 0.6 is 0 Å². The van der Waals surface area contributed by atoms with Gasteiger partial charge in [0.05, 0.1) is 6.54 Å². The minimum absolute atomic E-state index is 0.543. The number of fused-ring (bicyclic) bond motifs is 1. The van der Waals surface area contributed by atoms with Gasteiger partial charge in [-0.2, -0.15) is 0 Å². The first-order valence-electron chi connectivity index (χ1n) is 9.43. The number of nitrogens with zero attached hydrogens (tertiary/aromatic N) is 7. The quantitative estimate of drug-likeness (QED) is 0.846. The van der Waals surface area contributed by atoms with Gasteiger partial charge in [-0.25, -0.2) is 9.97 Å². The molecular formula is C18H27N7. The number of likely N-dealkylation sites (tertiary alicyclic amines) is 1. The van der Waals surface area contributed by atoms with Crippen molar-refractivity contribution in [2.24, 2.45) is 0 Å².